The molecule has 0 fully saturated rings. The summed E-state index contributed by atoms with van der Waals surface area (Å²) < 4.78 is 6.79. The number of rotatable bonds is 7. The molecule has 0 aliphatic carbocycles. The summed E-state index contributed by atoms with van der Waals surface area (Å²) in [5, 5.41) is 13.1. The molecule has 10 nitrogen and oxygen atoms in total. The van der Waals surface area contributed by atoms with Crippen LogP contribution in [-0.4, -0.2) is 51.1 Å². The van der Waals surface area contributed by atoms with Crippen LogP contribution in [0.15, 0.2) is 36.5 Å². The fraction of sp³-hybridized carbons (Fsp3) is 0.455. The van der Waals surface area contributed by atoms with Crippen LogP contribution in [0.2, 0.25) is 0 Å². The van der Waals surface area contributed by atoms with E-state index < -0.39 is 29.7 Å². The Labute approximate surface area is 185 Å². The first-order valence-electron chi connectivity index (χ1n) is 10.5. The molecule has 2 aromatic rings. The lowest BCUT2D eigenvalue weighted by Crippen LogP contribution is -2.46. The van der Waals surface area contributed by atoms with E-state index in [1.54, 1.807) is 24.7 Å². The lowest BCUT2D eigenvalue weighted by molar-refractivity contribution is -0.141. The predicted molar refractivity (Wildman–Crippen MR) is 113 cm³/mol. The second-order valence-electron chi connectivity index (χ2n) is 8.09. The molecule has 2 bridgehead atoms. The van der Waals surface area contributed by atoms with Crippen LogP contribution in [-0.2, 0) is 38.7 Å². The Morgan fingerprint density at radius 2 is 2.00 bits per heavy atom. The van der Waals surface area contributed by atoms with Crippen molar-refractivity contribution in [2.75, 3.05) is 6.54 Å². The van der Waals surface area contributed by atoms with Gasteiger partial charge in [-0.05, 0) is 11.5 Å². The van der Waals surface area contributed by atoms with Crippen molar-refractivity contribution in [1.29, 1.82) is 0 Å². The molecule has 0 radical (unpaired) electrons. The van der Waals surface area contributed by atoms with E-state index >= 15 is 0 Å². The number of alkyl carbamates (subject to hydrolysis) is 1. The number of ketones is 2. The second-order valence-corrected chi connectivity index (χ2v) is 8.09. The number of amides is 2. The molecule has 0 saturated heterocycles. The number of hydrogen-bond donors (Lipinski definition) is 2. The third-order valence-electron chi connectivity index (χ3n) is 5.21. The first-order valence-corrected chi connectivity index (χ1v) is 10.5. The largest absolute Gasteiger partial charge is 0.445 e. The highest BCUT2D eigenvalue weighted by atomic mass is 16.5. The van der Waals surface area contributed by atoms with E-state index in [0.29, 0.717) is 12.2 Å². The van der Waals surface area contributed by atoms with Crippen molar-refractivity contribution in [3.05, 3.63) is 47.8 Å². The minimum absolute atomic E-state index is 0.0720. The predicted octanol–water partition coefficient (Wildman–Crippen LogP) is 1.05. The summed E-state index contributed by atoms with van der Waals surface area (Å²) in [7, 11) is 0. The summed E-state index contributed by atoms with van der Waals surface area (Å²) in [5.74, 6) is -2.90. The van der Waals surface area contributed by atoms with Crippen molar-refractivity contribution in [1.82, 2.24) is 25.6 Å². The number of nitrogens with one attached hydrogen (secondary N) is 2. The summed E-state index contributed by atoms with van der Waals surface area (Å²) in [6.45, 7) is 4.28. The lowest BCUT2D eigenvalue weighted by Gasteiger charge is -2.23. The minimum atomic E-state index is -0.894. The topological polar surface area (TPSA) is 132 Å². The van der Waals surface area contributed by atoms with Crippen LogP contribution in [0.1, 0.15) is 31.5 Å². The van der Waals surface area contributed by atoms with E-state index in [2.05, 4.69) is 20.9 Å². The maximum atomic E-state index is 13.0. The summed E-state index contributed by atoms with van der Waals surface area (Å²) in [5.41, 5.74) is 1.35. The highest BCUT2D eigenvalue weighted by Crippen LogP contribution is 2.17. The third kappa shape index (κ3) is 6.22. The number of hydrogen-bond acceptors (Lipinski definition) is 7. The SMILES string of the molecule is CC(C)C(NC(=O)OCc1ccccc1)C(=O)CC1Cc2cn(nn2)CCNC(=O)C1=O. The smallest absolute Gasteiger partial charge is 0.408 e. The van der Waals surface area contributed by atoms with E-state index in [1.165, 1.54) is 0 Å². The fourth-order valence-corrected chi connectivity index (χ4v) is 3.49. The van der Waals surface area contributed by atoms with Gasteiger partial charge in [0.25, 0.3) is 5.91 Å². The van der Waals surface area contributed by atoms with Gasteiger partial charge in [0.1, 0.15) is 6.61 Å². The first kappa shape index (κ1) is 23.1. The number of Topliss-reactive ketones (excluding diaryl/α,β-unsaturated/α-hetero) is 2. The Kier molecular flexibility index (Phi) is 7.69. The van der Waals surface area contributed by atoms with Gasteiger partial charge >= 0.3 is 6.09 Å². The number of carbonyl (C=O) groups is 4. The van der Waals surface area contributed by atoms with Crippen LogP contribution in [0, 0.1) is 11.8 Å². The summed E-state index contributed by atoms with van der Waals surface area (Å²) in [6, 6.07) is 8.32. The Morgan fingerprint density at radius 3 is 2.72 bits per heavy atom. The van der Waals surface area contributed by atoms with Crippen molar-refractivity contribution in [3.63, 3.8) is 0 Å². The third-order valence-corrected chi connectivity index (χ3v) is 5.21. The van der Waals surface area contributed by atoms with Crippen molar-refractivity contribution in [2.24, 2.45) is 11.8 Å². The van der Waals surface area contributed by atoms with Gasteiger partial charge in [-0.1, -0.05) is 49.4 Å². The number of ether oxygens (including phenoxy) is 1. The van der Waals surface area contributed by atoms with Crippen LogP contribution in [0.5, 0.6) is 0 Å². The van der Waals surface area contributed by atoms with Gasteiger partial charge in [0.15, 0.2) is 5.78 Å². The zero-order valence-corrected chi connectivity index (χ0v) is 18.1. The van der Waals surface area contributed by atoms with Gasteiger partial charge in [-0.15, -0.1) is 5.10 Å². The van der Waals surface area contributed by atoms with Gasteiger partial charge in [-0.2, -0.15) is 0 Å². The average Bonchev–Trinajstić information content (AvgIpc) is 3.21. The number of aromatic nitrogens is 3. The molecular weight excluding hydrogens is 414 g/mol. The van der Waals surface area contributed by atoms with Crippen LogP contribution < -0.4 is 10.6 Å². The van der Waals surface area contributed by atoms with Gasteiger partial charge in [0.2, 0.25) is 5.78 Å². The molecule has 1 aromatic carbocycles. The molecule has 2 amide bonds. The van der Waals surface area contributed by atoms with E-state index in [9.17, 15) is 19.2 Å². The summed E-state index contributed by atoms with van der Waals surface area (Å²) in [6.07, 6.45) is 0.877. The highest BCUT2D eigenvalue weighted by Gasteiger charge is 2.33. The highest BCUT2D eigenvalue weighted by molar-refractivity contribution is 6.37. The molecule has 2 heterocycles. The Bertz CT molecular complexity index is 972. The molecule has 32 heavy (non-hydrogen) atoms. The minimum Gasteiger partial charge on any atom is -0.445 e. The molecule has 10 heteroatoms. The Hall–Kier alpha value is -3.56. The molecular formula is C22H27N5O5. The summed E-state index contributed by atoms with van der Waals surface area (Å²) in [4.78, 5) is 50.2. The maximum Gasteiger partial charge on any atom is 0.408 e. The normalized spacial score (nSPS) is 17.4. The monoisotopic (exact) mass is 441 g/mol. The van der Waals surface area contributed by atoms with E-state index in [0.717, 1.165) is 5.56 Å². The van der Waals surface area contributed by atoms with Crippen molar-refractivity contribution in [2.45, 2.75) is 45.9 Å². The molecule has 1 aliphatic rings. The van der Waals surface area contributed by atoms with E-state index in [-0.39, 0.29) is 37.7 Å². The molecule has 3 rings (SSSR count). The van der Waals surface area contributed by atoms with Gasteiger partial charge in [0, 0.05) is 31.5 Å². The van der Waals surface area contributed by atoms with Gasteiger partial charge < -0.3 is 15.4 Å². The standard InChI is InChI=1S/C22H27N5O5/c1-14(2)19(24-22(31)32-13-15-6-4-3-5-7-15)18(28)11-16-10-17-12-27(26-25-17)9-8-23-21(30)20(16)29/h3-7,12,14,16,19H,8-11,13H2,1-2H3,(H,23,30)(H,24,31). The zero-order chi connectivity index (χ0) is 23.1. The summed E-state index contributed by atoms with van der Waals surface area (Å²) >= 11 is 0. The molecule has 2 unspecified atom stereocenters. The average molecular weight is 441 g/mol. The number of carbonyl (C=O) groups excluding carboxylic acids is 4. The van der Waals surface area contributed by atoms with Crippen molar-refractivity contribution >= 4 is 23.6 Å². The lowest BCUT2D eigenvalue weighted by atomic mass is 9.87. The van der Waals surface area contributed by atoms with Gasteiger partial charge in [0.05, 0.1) is 18.3 Å². The molecule has 2 N–H and O–H groups in total. The fourth-order valence-electron chi connectivity index (χ4n) is 3.49. The van der Waals surface area contributed by atoms with Crippen LogP contribution >= 0.6 is 0 Å². The van der Waals surface area contributed by atoms with E-state index in [4.69, 9.17) is 4.74 Å². The quantitative estimate of drug-likeness (QED) is 0.614. The maximum absolute atomic E-state index is 13.0. The Morgan fingerprint density at radius 1 is 1.25 bits per heavy atom. The number of fused-ring (bicyclic) bond motifs is 2. The number of benzene rings is 1. The first-order chi connectivity index (χ1) is 15.3. The molecule has 1 aromatic heterocycles. The molecule has 170 valence electrons. The Balaban J connectivity index is 1.65. The molecule has 1 aliphatic heterocycles. The molecule has 0 saturated carbocycles. The molecule has 2 atom stereocenters. The van der Waals surface area contributed by atoms with Crippen molar-refractivity contribution < 1.29 is 23.9 Å². The van der Waals surface area contributed by atoms with Crippen LogP contribution in [0.25, 0.3) is 0 Å². The van der Waals surface area contributed by atoms with Gasteiger partial charge in [-0.25, -0.2) is 4.79 Å². The van der Waals surface area contributed by atoms with E-state index in [1.807, 2.05) is 30.3 Å². The number of nitrogens with zero attached hydrogens (tertiary/aromatic N) is 3. The zero-order valence-electron chi connectivity index (χ0n) is 18.1. The van der Waals surface area contributed by atoms with Gasteiger partial charge in [-0.3, -0.25) is 19.1 Å². The molecule has 0 spiro atoms. The second kappa shape index (κ2) is 10.7. The van der Waals surface area contributed by atoms with Crippen LogP contribution in [0.4, 0.5) is 4.79 Å². The van der Waals surface area contributed by atoms with Crippen LogP contribution in [0.3, 0.4) is 0 Å². The van der Waals surface area contributed by atoms with Crippen molar-refractivity contribution in [3.8, 4) is 0 Å².